The van der Waals surface area contributed by atoms with Crippen LogP contribution in [0.4, 0.5) is 0 Å². The lowest BCUT2D eigenvalue weighted by Gasteiger charge is -2.40. The van der Waals surface area contributed by atoms with Gasteiger partial charge in [-0.05, 0) is 0 Å². The normalized spacial score (nSPS) is 27.8. The van der Waals surface area contributed by atoms with Gasteiger partial charge in [-0.1, -0.05) is 0 Å². The maximum absolute atomic E-state index is 10.9. The molecule has 3 nitrogen and oxygen atoms in total. The van der Waals surface area contributed by atoms with Gasteiger partial charge in [0, 0.05) is 0 Å². The van der Waals surface area contributed by atoms with Crippen LogP contribution in [0.2, 0.25) is 0 Å². The van der Waals surface area contributed by atoms with Gasteiger partial charge in [0.05, 0.1) is 13.2 Å². The number of hydrogen-bond donors (Lipinski definition) is 0. The van der Waals surface area contributed by atoms with Gasteiger partial charge in [0.25, 0.3) is 0 Å². The number of hydroxylamine groups is 3. The third-order valence-corrected chi connectivity index (χ3v) is 1.29. The Bertz CT molecular complexity index is 74.5. The van der Waals surface area contributed by atoms with Gasteiger partial charge in [-0.2, -0.15) is 0 Å². The predicted octanol–water partition coefficient (Wildman–Crippen LogP) is 0.123. The van der Waals surface area contributed by atoms with Crippen LogP contribution < -0.4 is 0 Å². The van der Waals surface area contributed by atoms with Gasteiger partial charge in [0.15, 0.2) is 0 Å². The summed E-state index contributed by atoms with van der Waals surface area (Å²) < 4.78 is 4.57. The van der Waals surface area contributed by atoms with E-state index in [1.165, 1.54) is 0 Å². The average Bonchev–Trinajstić information content (AvgIpc) is 1.65. The molecule has 1 aliphatic heterocycles. The Hall–Kier alpha value is -0.120. The van der Waals surface area contributed by atoms with Gasteiger partial charge in [0.2, 0.25) is 0 Å². The topological polar surface area (TPSA) is 32.3 Å². The van der Waals surface area contributed by atoms with Crippen LogP contribution in [-0.2, 0) is 4.74 Å². The van der Waals surface area contributed by atoms with Crippen molar-refractivity contribution < 1.29 is 9.38 Å². The van der Waals surface area contributed by atoms with E-state index >= 15 is 0 Å². The Balaban J connectivity index is 2.33. The molecule has 0 aromatic heterocycles. The first-order valence-corrected chi connectivity index (χ1v) is 2.71. The highest BCUT2D eigenvalue weighted by Crippen LogP contribution is 2.04. The zero-order valence-corrected chi connectivity index (χ0v) is 4.80. The molecule has 0 bridgehead atoms. The molecule has 0 aliphatic carbocycles. The van der Waals surface area contributed by atoms with Crippen LogP contribution in [0.25, 0.3) is 0 Å². The van der Waals surface area contributed by atoms with E-state index in [1.807, 2.05) is 0 Å². The van der Waals surface area contributed by atoms with Gasteiger partial charge in [-0.3, -0.25) is 0 Å². The number of rotatable bonds is 0. The van der Waals surface area contributed by atoms with Crippen molar-refractivity contribution in [1.29, 1.82) is 0 Å². The van der Waals surface area contributed by atoms with Crippen molar-refractivity contribution in [1.82, 2.24) is 0 Å². The quantitative estimate of drug-likeness (QED) is 0.332. The molecule has 0 saturated carbocycles. The lowest BCUT2D eigenvalue weighted by atomic mass is 10.4. The van der Waals surface area contributed by atoms with Crippen LogP contribution in [-0.4, -0.2) is 30.9 Å². The minimum atomic E-state index is -0.375. The van der Waals surface area contributed by atoms with Crippen LogP contribution in [0, 0.1) is 12.3 Å². The van der Waals surface area contributed by atoms with Crippen LogP contribution in [0.15, 0.2) is 0 Å². The van der Waals surface area contributed by atoms with Crippen LogP contribution >= 0.6 is 0 Å². The lowest BCUT2D eigenvalue weighted by molar-refractivity contribution is -0.844. The minimum Gasteiger partial charge on any atom is -0.633 e. The summed E-state index contributed by atoms with van der Waals surface area (Å²) in [6.07, 6.45) is 0. The molecule has 0 aromatic carbocycles. The Morgan fingerprint density at radius 1 is 1.38 bits per heavy atom. The highest BCUT2D eigenvalue weighted by Gasteiger charge is 2.14. The largest absolute Gasteiger partial charge is 0.633 e. The molecule has 8 heavy (non-hydrogen) atoms. The van der Waals surface area contributed by atoms with Crippen molar-refractivity contribution in [2.45, 2.75) is 0 Å². The number of morpholine rings is 1. The van der Waals surface area contributed by atoms with E-state index in [-0.39, 0.29) is 4.65 Å². The molecule has 0 amide bonds. The number of hydrogen-bond acceptors (Lipinski definition) is 2. The maximum Gasteiger partial charge on any atom is 0.129 e. The first-order chi connectivity index (χ1) is 3.71. The Kier molecular flexibility index (Phi) is 1.51. The summed E-state index contributed by atoms with van der Waals surface area (Å²) in [7, 11) is 3.43. The van der Waals surface area contributed by atoms with Crippen molar-refractivity contribution in [2.75, 3.05) is 26.3 Å². The van der Waals surface area contributed by atoms with Gasteiger partial charge in [-0.15, -0.1) is 0 Å². The molecule has 1 radical (unpaired) electrons. The molecular weight excluding hydrogens is 106 g/mol. The first kappa shape index (κ1) is 6.01. The molecule has 1 rings (SSSR count). The molecule has 1 aliphatic rings. The molecule has 0 N–H and O–H groups in total. The Labute approximate surface area is 49.0 Å². The van der Waals surface area contributed by atoms with Crippen molar-refractivity contribution in [2.24, 2.45) is 0 Å². The first-order valence-electron chi connectivity index (χ1n) is 2.71. The van der Waals surface area contributed by atoms with Crippen molar-refractivity contribution in [3.63, 3.8) is 0 Å². The van der Waals surface area contributed by atoms with Gasteiger partial charge in [-0.25, -0.2) is 0 Å². The zero-order valence-electron chi connectivity index (χ0n) is 4.80. The van der Waals surface area contributed by atoms with E-state index in [4.69, 9.17) is 4.74 Å². The SMILES string of the molecule is [CH2][N+]1([O-])CCOCC1. The number of ether oxygens (including phenoxy) is 1. The van der Waals surface area contributed by atoms with Crippen molar-refractivity contribution >= 4 is 0 Å². The highest BCUT2D eigenvalue weighted by molar-refractivity contribution is 4.47. The molecule has 0 spiro atoms. The zero-order chi connectivity index (χ0) is 6.04. The Morgan fingerprint density at radius 3 is 2.12 bits per heavy atom. The summed E-state index contributed by atoms with van der Waals surface area (Å²) >= 11 is 0. The smallest absolute Gasteiger partial charge is 0.129 e. The number of nitrogens with zero attached hydrogens (tertiary/aromatic N) is 1. The molecule has 1 heterocycles. The third-order valence-electron chi connectivity index (χ3n) is 1.29. The highest BCUT2D eigenvalue weighted by atomic mass is 16.6. The minimum absolute atomic E-state index is 0.375. The van der Waals surface area contributed by atoms with E-state index < -0.39 is 0 Å². The molecule has 47 valence electrons. The molecule has 1 saturated heterocycles. The second-order valence-corrected chi connectivity index (χ2v) is 2.12. The van der Waals surface area contributed by atoms with E-state index in [0.717, 1.165) is 0 Å². The monoisotopic (exact) mass is 116 g/mol. The molecule has 0 aromatic rings. The summed E-state index contributed by atoms with van der Waals surface area (Å²) in [6.45, 7) is 2.12. The Morgan fingerprint density at radius 2 is 1.88 bits per heavy atom. The van der Waals surface area contributed by atoms with Gasteiger partial charge in [0.1, 0.15) is 20.1 Å². The lowest BCUT2D eigenvalue weighted by Crippen LogP contribution is -2.44. The van der Waals surface area contributed by atoms with Gasteiger partial charge < -0.3 is 14.6 Å². The molecule has 0 unspecified atom stereocenters. The summed E-state index contributed by atoms with van der Waals surface area (Å²) in [5.74, 6) is 0. The molecular formula is C5H10NO2. The van der Waals surface area contributed by atoms with Crippen molar-refractivity contribution in [3.05, 3.63) is 12.3 Å². The summed E-state index contributed by atoms with van der Waals surface area (Å²) in [5.41, 5.74) is 0. The molecule has 0 atom stereocenters. The fraction of sp³-hybridized carbons (Fsp3) is 0.800. The number of quaternary nitrogens is 1. The fourth-order valence-corrected chi connectivity index (χ4v) is 0.676. The predicted molar refractivity (Wildman–Crippen MR) is 29.5 cm³/mol. The van der Waals surface area contributed by atoms with E-state index in [0.29, 0.717) is 26.3 Å². The fourth-order valence-electron chi connectivity index (χ4n) is 0.676. The standard InChI is InChI=1S/C5H10NO2/c1-6(7)2-4-8-5-3-6/h1-5H2. The van der Waals surface area contributed by atoms with E-state index in [1.54, 1.807) is 0 Å². The van der Waals surface area contributed by atoms with Crippen LogP contribution in [0.1, 0.15) is 0 Å². The second-order valence-electron chi connectivity index (χ2n) is 2.12. The summed E-state index contributed by atoms with van der Waals surface area (Å²) in [6, 6.07) is 0. The molecule has 3 heteroatoms. The van der Waals surface area contributed by atoms with E-state index in [2.05, 4.69) is 7.05 Å². The average molecular weight is 116 g/mol. The molecule has 1 fully saturated rings. The van der Waals surface area contributed by atoms with E-state index in [9.17, 15) is 5.21 Å². The third kappa shape index (κ3) is 1.43. The second kappa shape index (κ2) is 2.01. The summed E-state index contributed by atoms with van der Waals surface area (Å²) in [5, 5.41) is 10.9. The van der Waals surface area contributed by atoms with Crippen molar-refractivity contribution in [3.8, 4) is 0 Å². The van der Waals surface area contributed by atoms with Crippen LogP contribution in [0.5, 0.6) is 0 Å². The van der Waals surface area contributed by atoms with Crippen LogP contribution in [0.3, 0.4) is 0 Å². The van der Waals surface area contributed by atoms with Gasteiger partial charge >= 0.3 is 0 Å². The maximum atomic E-state index is 10.9. The summed E-state index contributed by atoms with van der Waals surface area (Å²) in [4.78, 5) is 0.